The normalized spacial score (nSPS) is 12.7. The van der Waals surface area contributed by atoms with E-state index in [0.717, 1.165) is 34.1 Å². The average Bonchev–Trinajstić information content (AvgIpc) is 3.42. The topological polar surface area (TPSA) is 6.48 Å². The van der Waals surface area contributed by atoms with Crippen LogP contribution in [-0.2, 0) is 5.41 Å². The molecule has 0 amide bonds. The van der Waals surface area contributed by atoms with Crippen LogP contribution >= 0.6 is 11.6 Å². The molecule has 2 nitrogen and oxygen atoms in total. The number of para-hydroxylation sites is 1. The van der Waals surface area contributed by atoms with Gasteiger partial charge in [0.2, 0.25) is 0 Å². The van der Waals surface area contributed by atoms with E-state index in [1.165, 1.54) is 44.2 Å². The van der Waals surface area contributed by atoms with E-state index in [2.05, 4.69) is 194 Å². The molecular weight excluding hydrogens is 652 g/mol. The number of benzene rings is 8. The van der Waals surface area contributed by atoms with Crippen LogP contribution in [0.3, 0.4) is 0 Å². The Kier molecular flexibility index (Phi) is 7.91. The molecule has 0 aliphatic heterocycles. The van der Waals surface area contributed by atoms with Crippen molar-refractivity contribution < 1.29 is 0 Å². The second-order valence-electron chi connectivity index (χ2n) is 14.0. The third-order valence-electron chi connectivity index (χ3n) is 10.4. The van der Waals surface area contributed by atoms with Gasteiger partial charge < -0.3 is 9.80 Å². The molecule has 0 saturated carbocycles. The van der Waals surface area contributed by atoms with Crippen molar-refractivity contribution in [1.82, 2.24) is 0 Å². The lowest BCUT2D eigenvalue weighted by molar-refractivity contribution is 0.666. The van der Waals surface area contributed by atoms with Crippen molar-refractivity contribution >= 4 is 56.5 Å². The summed E-state index contributed by atoms with van der Waals surface area (Å²) < 4.78 is 0. The summed E-state index contributed by atoms with van der Waals surface area (Å²) in [7, 11) is 0. The number of fused-ring (bicyclic) bond motifs is 5. The van der Waals surface area contributed by atoms with E-state index in [0.29, 0.717) is 5.02 Å². The molecule has 52 heavy (non-hydrogen) atoms. The summed E-state index contributed by atoms with van der Waals surface area (Å²) in [5.74, 6) is 0. The Morgan fingerprint density at radius 3 is 1.67 bits per heavy atom. The van der Waals surface area contributed by atoms with Gasteiger partial charge in [0.15, 0.2) is 0 Å². The maximum absolute atomic E-state index is 6.68. The van der Waals surface area contributed by atoms with Gasteiger partial charge >= 0.3 is 0 Å². The Hall–Kier alpha value is -6.09. The molecule has 0 N–H and O–H groups in total. The first-order valence-corrected chi connectivity index (χ1v) is 18.2. The molecule has 8 aromatic carbocycles. The minimum Gasteiger partial charge on any atom is -0.310 e. The zero-order chi connectivity index (χ0) is 35.2. The summed E-state index contributed by atoms with van der Waals surface area (Å²) in [5, 5.41) is 3.29. The summed E-state index contributed by atoms with van der Waals surface area (Å²) in [4.78, 5) is 4.64. The van der Waals surface area contributed by atoms with Crippen LogP contribution in [0.25, 0.3) is 33.0 Å². The summed E-state index contributed by atoms with van der Waals surface area (Å²) in [5.41, 5.74) is 13.9. The molecule has 0 aromatic heterocycles. The molecule has 0 spiro atoms. The molecule has 0 fully saturated rings. The molecule has 0 heterocycles. The molecule has 0 bridgehead atoms. The van der Waals surface area contributed by atoms with Crippen molar-refractivity contribution in [2.24, 2.45) is 0 Å². The zero-order valence-corrected chi connectivity index (χ0v) is 29.9. The molecule has 8 aromatic rings. The monoisotopic (exact) mass is 688 g/mol. The minimum atomic E-state index is -0.128. The maximum Gasteiger partial charge on any atom is 0.0482 e. The average molecular weight is 689 g/mol. The van der Waals surface area contributed by atoms with Crippen LogP contribution in [0.5, 0.6) is 0 Å². The molecule has 9 rings (SSSR count). The van der Waals surface area contributed by atoms with Crippen LogP contribution in [0, 0.1) is 0 Å². The van der Waals surface area contributed by atoms with Crippen molar-refractivity contribution in [1.29, 1.82) is 0 Å². The summed E-state index contributed by atoms with van der Waals surface area (Å²) in [6.45, 7) is 4.71. The van der Waals surface area contributed by atoms with E-state index >= 15 is 0 Å². The Labute approximate surface area is 310 Å². The molecule has 1 aliphatic carbocycles. The van der Waals surface area contributed by atoms with Gasteiger partial charge in [-0.15, -0.1) is 0 Å². The summed E-state index contributed by atoms with van der Waals surface area (Å²) in [6.07, 6.45) is 0. The highest BCUT2D eigenvalue weighted by molar-refractivity contribution is 6.30. The molecular formula is C49H37ClN2. The molecule has 1 aliphatic rings. The van der Waals surface area contributed by atoms with Crippen LogP contribution in [-0.4, -0.2) is 0 Å². The Morgan fingerprint density at radius 1 is 0.404 bits per heavy atom. The highest BCUT2D eigenvalue weighted by atomic mass is 35.5. The van der Waals surface area contributed by atoms with Crippen LogP contribution in [0.2, 0.25) is 5.02 Å². The van der Waals surface area contributed by atoms with E-state index in [1.54, 1.807) is 0 Å². The lowest BCUT2D eigenvalue weighted by atomic mass is 9.80. The first kappa shape index (κ1) is 31.9. The lowest BCUT2D eigenvalue weighted by Crippen LogP contribution is -2.16. The predicted octanol–water partition coefficient (Wildman–Crippen LogP) is 14.4. The van der Waals surface area contributed by atoms with Gasteiger partial charge in [0.25, 0.3) is 0 Å². The lowest BCUT2D eigenvalue weighted by Gasteiger charge is -2.30. The van der Waals surface area contributed by atoms with Crippen molar-refractivity contribution in [3.8, 4) is 22.3 Å². The fourth-order valence-corrected chi connectivity index (χ4v) is 8.22. The van der Waals surface area contributed by atoms with E-state index < -0.39 is 0 Å². The molecule has 0 radical (unpaired) electrons. The third kappa shape index (κ3) is 5.53. The molecule has 3 heteroatoms. The van der Waals surface area contributed by atoms with Crippen LogP contribution in [0.15, 0.2) is 188 Å². The highest BCUT2D eigenvalue weighted by Gasteiger charge is 2.37. The van der Waals surface area contributed by atoms with Gasteiger partial charge in [-0.3, -0.25) is 0 Å². The van der Waals surface area contributed by atoms with Crippen molar-refractivity contribution in [3.05, 3.63) is 204 Å². The van der Waals surface area contributed by atoms with Crippen molar-refractivity contribution in [3.63, 3.8) is 0 Å². The second kappa shape index (κ2) is 12.9. The van der Waals surface area contributed by atoms with Gasteiger partial charge in [-0.25, -0.2) is 0 Å². The van der Waals surface area contributed by atoms with Gasteiger partial charge in [0.05, 0.1) is 0 Å². The molecule has 0 atom stereocenters. The van der Waals surface area contributed by atoms with Gasteiger partial charge in [-0.1, -0.05) is 141 Å². The fraction of sp³-hybridized carbons (Fsp3) is 0.0612. The predicted molar refractivity (Wildman–Crippen MR) is 221 cm³/mol. The van der Waals surface area contributed by atoms with Gasteiger partial charge in [-0.2, -0.15) is 0 Å². The first-order valence-electron chi connectivity index (χ1n) is 17.8. The number of halogens is 1. The molecule has 250 valence electrons. The number of hydrogen-bond acceptors (Lipinski definition) is 2. The van der Waals surface area contributed by atoms with Gasteiger partial charge in [0, 0.05) is 44.6 Å². The zero-order valence-electron chi connectivity index (χ0n) is 29.2. The standard InChI is InChI=1S/C49H37ClN2/c1-49(2)47-30-28-43(33-46(47)45-29-25-36-15-9-10-22-44(36)48(45)49)52(40-19-11-16-37(50)31-40)42-21-12-20-41(32-42)51(38-17-7-4-8-18-38)39-26-23-35(24-27-39)34-13-5-3-6-14-34/h3-33H,1-2H3. The number of anilines is 6. The molecule has 0 saturated heterocycles. The molecule has 0 unspecified atom stereocenters. The number of hydrogen-bond donors (Lipinski definition) is 0. The third-order valence-corrected chi connectivity index (χ3v) is 10.7. The Bertz CT molecular complexity index is 2560. The van der Waals surface area contributed by atoms with E-state index in [4.69, 9.17) is 11.6 Å². The smallest absolute Gasteiger partial charge is 0.0482 e. The van der Waals surface area contributed by atoms with Crippen LogP contribution in [0.1, 0.15) is 25.0 Å². The quantitative estimate of drug-likeness (QED) is 0.164. The van der Waals surface area contributed by atoms with Gasteiger partial charge in [-0.05, 0) is 117 Å². The Morgan fingerprint density at radius 2 is 0.942 bits per heavy atom. The van der Waals surface area contributed by atoms with E-state index in [-0.39, 0.29) is 5.41 Å². The van der Waals surface area contributed by atoms with Crippen LogP contribution < -0.4 is 9.80 Å². The van der Waals surface area contributed by atoms with E-state index in [1.807, 2.05) is 18.2 Å². The summed E-state index contributed by atoms with van der Waals surface area (Å²) >= 11 is 6.68. The first-order chi connectivity index (χ1) is 25.5. The minimum absolute atomic E-state index is 0.128. The maximum atomic E-state index is 6.68. The van der Waals surface area contributed by atoms with Crippen molar-refractivity contribution in [2.45, 2.75) is 19.3 Å². The highest BCUT2D eigenvalue weighted by Crippen LogP contribution is 2.53. The van der Waals surface area contributed by atoms with E-state index in [9.17, 15) is 0 Å². The van der Waals surface area contributed by atoms with Gasteiger partial charge in [0.1, 0.15) is 0 Å². The van der Waals surface area contributed by atoms with Crippen LogP contribution in [0.4, 0.5) is 34.1 Å². The van der Waals surface area contributed by atoms with Crippen molar-refractivity contribution in [2.75, 3.05) is 9.80 Å². The summed E-state index contributed by atoms with van der Waals surface area (Å²) in [6, 6.07) is 67.1. The number of nitrogens with zero attached hydrogens (tertiary/aromatic N) is 2. The Balaban J connectivity index is 1.18. The SMILES string of the molecule is CC1(C)c2ccc(N(c3cccc(Cl)c3)c3cccc(N(c4ccccc4)c4ccc(-c5ccccc5)cc4)c3)cc2-c2ccc3ccccc3c21. The number of rotatable bonds is 7. The largest absolute Gasteiger partial charge is 0.310 e. The second-order valence-corrected chi connectivity index (χ2v) is 14.4. The fourth-order valence-electron chi connectivity index (χ4n) is 8.03.